The van der Waals surface area contributed by atoms with Crippen LogP contribution < -0.4 is 0 Å². The van der Waals surface area contributed by atoms with Crippen molar-refractivity contribution >= 4 is 5.97 Å². The molecule has 2 nitrogen and oxygen atoms in total. The summed E-state index contributed by atoms with van der Waals surface area (Å²) < 4.78 is 0. The summed E-state index contributed by atoms with van der Waals surface area (Å²) in [7, 11) is 0. The van der Waals surface area contributed by atoms with Gasteiger partial charge in [-0.15, -0.1) is 0 Å². The van der Waals surface area contributed by atoms with Crippen LogP contribution >= 0.6 is 0 Å². The average Bonchev–Trinajstić information content (AvgIpc) is 2.12. The molecule has 0 aliphatic heterocycles. The minimum atomic E-state index is -0.874. The van der Waals surface area contributed by atoms with E-state index in [0.717, 1.165) is 12.0 Å². The van der Waals surface area contributed by atoms with Gasteiger partial charge in [0.15, 0.2) is 0 Å². The molecular weight excluding hydrogens is 200 g/mol. The molecule has 0 aliphatic carbocycles. The largest absolute Gasteiger partial charge is 0.478 e. The molecule has 0 amide bonds. The van der Waals surface area contributed by atoms with Gasteiger partial charge < -0.3 is 5.11 Å². The number of carboxylic acids is 1. The second-order valence-electron chi connectivity index (χ2n) is 4.67. The predicted molar refractivity (Wildman–Crippen MR) is 68.5 cm³/mol. The van der Waals surface area contributed by atoms with E-state index in [-0.39, 0.29) is 0 Å². The highest BCUT2D eigenvalue weighted by molar-refractivity contribution is 5.81. The smallest absolute Gasteiger partial charge is 0.328 e. The molecule has 0 aromatic carbocycles. The molecule has 0 radical (unpaired) electrons. The molecular formula is C14H24O2. The molecule has 0 rings (SSSR count). The fourth-order valence-electron chi connectivity index (χ4n) is 1.89. The van der Waals surface area contributed by atoms with Gasteiger partial charge in [0.25, 0.3) is 0 Å². The van der Waals surface area contributed by atoms with Crippen LogP contribution in [0.2, 0.25) is 0 Å². The van der Waals surface area contributed by atoms with Crippen molar-refractivity contribution in [3.63, 3.8) is 0 Å². The number of hydrogen-bond acceptors (Lipinski definition) is 1. The summed E-state index contributed by atoms with van der Waals surface area (Å²) in [5.41, 5.74) is 2.08. The number of allylic oxidation sites excluding steroid dienone is 3. The van der Waals surface area contributed by atoms with E-state index in [2.05, 4.69) is 20.8 Å². The molecule has 0 fully saturated rings. The first-order valence-corrected chi connectivity index (χ1v) is 6.04. The van der Waals surface area contributed by atoms with Crippen LogP contribution in [-0.4, -0.2) is 11.1 Å². The lowest BCUT2D eigenvalue weighted by atomic mass is 9.96. The molecule has 92 valence electrons. The Labute approximate surface area is 99.1 Å². The van der Waals surface area contributed by atoms with Crippen LogP contribution in [0.25, 0.3) is 0 Å². The first-order chi connectivity index (χ1) is 7.45. The van der Waals surface area contributed by atoms with Crippen molar-refractivity contribution in [1.29, 1.82) is 0 Å². The summed E-state index contributed by atoms with van der Waals surface area (Å²) in [6, 6.07) is 0. The molecule has 0 aromatic rings. The number of hydrogen-bond donors (Lipinski definition) is 1. The van der Waals surface area contributed by atoms with Gasteiger partial charge in [0.1, 0.15) is 0 Å². The quantitative estimate of drug-likeness (QED) is 0.520. The summed E-state index contributed by atoms with van der Waals surface area (Å²) >= 11 is 0. The number of carbonyl (C=O) groups is 1. The Bertz CT molecular complexity index is 274. The Morgan fingerprint density at radius 3 is 2.44 bits per heavy atom. The molecule has 0 bridgehead atoms. The molecule has 0 saturated heterocycles. The number of unbranched alkanes of at least 4 members (excludes halogenated alkanes) is 1. The van der Waals surface area contributed by atoms with Crippen molar-refractivity contribution in [3.05, 3.63) is 23.3 Å². The lowest BCUT2D eigenvalue weighted by Gasteiger charge is -2.10. The molecule has 16 heavy (non-hydrogen) atoms. The molecule has 0 heterocycles. The van der Waals surface area contributed by atoms with E-state index in [9.17, 15) is 4.79 Å². The Kier molecular flexibility index (Phi) is 7.61. The zero-order valence-electron chi connectivity index (χ0n) is 10.9. The lowest BCUT2D eigenvalue weighted by Crippen LogP contribution is -1.96. The SMILES string of the molecule is CCCC[C@@H](C)CC(C)=CC(C)=CC(=O)O. The highest BCUT2D eigenvalue weighted by Crippen LogP contribution is 2.18. The van der Waals surface area contributed by atoms with Crippen molar-refractivity contribution in [3.8, 4) is 0 Å². The van der Waals surface area contributed by atoms with Crippen molar-refractivity contribution in [1.82, 2.24) is 0 Å². The Morgan fingerprint density at radius 1 is 1.31 bits per heavy atom. The van der Waals surface area contributed by atoms with Crippen LogP contribution in [0.15, 0.2) is 23.3 Å². The second-order valence-corrected chi connectivity index (χ2v) is 4.67. The van der Waals surface area contributed by atoms with E-state index in [1.54, 1.807) is 0 Å². The van der Waals surface area contributed by atoms with Gasteiger partial charge in [0.05, 0.1) is 0 Å². The monoisotopic (exact) mass is 224 g/mol. The average molecular weight is 224 g/mol. The summed E-state index contributed by atoms with van der Waals surface area (Å²) in [4.78, 5) is 10.4. The van der Waals surface area contributed by atoms with Crippen LogP contribution in [0.4, 0.5) is 0 Å². The first kappa shape index (κ1) is 14.9. The first-order valence-electron chi connectivity index (χ1n) is 6.04. The maximum Gasteiger partial charge on any atom is 0.328 e. The maximum absolute atomic E-state index is 10.4. The highest BCUT2D eigenvalue weighted by atomic mass is 16.4. The number of carboxylic acid groups (broad SMARTS) is 1. The normalized spacial score (nSPS) is 15.0. The van der Waals surface area contributed by atoms with E-state index in [4.69, 9.17) is 5.11 Å². The third-order valence-corrected chi connectivity index (χ3v) is 2.55. The van der Waals surface area contributed by atoms with Crippen LogP contribution in [0.3, 0.4) is 0 Å². The van der Waals surface area contributed by atoms with Crippen molar-refractivity contribution in [2.24, 2.45) is 5.92 Å². The summed E-state index contributed by atoms with van der Waals surface area (Å²) in [6.07, 6.45) is 8.05. The van der Waals surface area contributed by atoms with Crippen molar-refractivity contribution in [2.75, 3.05) is 0 Å². The fourth-order valence-corrected chi connectivity index (χ4v) is 1.89. The van der Waals surface area contributed by atoms with E-state index < -0.39 is 5.97 Å². The van der Waals surface area contributed by atoms with E-state index >= 15 is 0 Å². The molecule has 1 atom stereocenters. The third-order valence-electron chi connectivity index (χ3n) is 2.55. The molecule has 1 N–H and O–H groups in total. The topological polar surface area (TPSA) is 37.3 Å². The Morgan fingerprint density at radius 2 is 1.94 bits per heavy atom. The van der Waals surface area contributed by atoms with E-state index in [1.165, 1.54) is 30.9 Å². The van der Waals surface area contributed by atoms with Gasteiger partial charge in [0, 0.05) is 6.08 Å². The van der Waals surface area contributed by atoms with Gasteiger partial charge >= 0.3 is 5.97 Å². The summed E-state index contributed by atoms with van der Waals surface area (Å²) in [6.45, 7) is 8.36. The Hall–Kier alpha value is -1.05. The number of rotatable bonds is 7. The van der Waals surface area contributed by atoms with Gasteiger partial charge in [-0.1, -0.05) is 44.8 Å². The van der Waals surface area contributed by atoms with Gasteiger partial charge in [-0.3, -0.25) is 0 Å². The third kappa shape index (κ3) is 8.27. The predicted octanol–water partition coefficient (Wildman–Crippen LogP) is 4.18. The molecule has 0 aliphatic rings. The van der Waals surface area contributed by atoms with Crippen LogP contribution in [-0.2, 0) is 4.79 Å². The molecule has 0 saturated carbocycles. The standard InChI is InChI=1S/C14H24O2/c1-5-6-7-11(2)8-12(3)9-13(4)10-14(15)16/h9-11H,5-8H2,1-4H3,(H,15,16)/t11-/m1/s1. The van der Waals surface area contributed by atoms with Gasteiger partial charge in [0.2, 0.25) is 0 Å². The lowest BCUT2D eigenvalue weighted by molar-refractivity contribution is -0.131. The van der Waals surface area contributed by atoms with E-state index in [1.807, 2.05) is 13.0 Å². The van der Waals surface area contributed by atoms with Crippen LogP contribution in [0, 0.1) is 5.92 Å². The van der Waals surface area contributed by atoms with Crippen LogP contribution in [0.1, 0.15) is 53.4 Å². The fraction of sp³-hybridized carbons (Fsp3) is 0.643. The summed E-state index contributed by atoms with van der Waals surface area (Å²) in [5, 5.41) is 8.59. The van der Waals surface area contributed by atoms with Gasteiger partial charge in [-0.05, 0) is 31.8 Å². The minimum absolute atomic E-state index is 0.689. The Balaban J connectivity index is 4.18. The highest BCUT2D eigenvalue weighted by Gasteiger charge is 2.02. The van der Waals surface area contributed by atoms with Crippen molar-refractivity contribution < 1.29 is 9.90 Å². The molecule has 2 heteroatoms. The maximum atomic E-state index is 10.4. The zero-order valence-corrected chi connectivity index (χ0v) is 10.9. The van der Waals surface area contributed by atoms with Crippen molar-refractivity contribution in [2.45, 2.75) is 53.4 Å². The van der Waals surface area contributed by atoms with Gasteiger partial charge in [-0.2, -0.15) is 0 Å². The van der Waals surface area contributed by atoms with E-state index in [0.29, 0.717) is 5.92 Å². The van der Waals surface area contributed by atoms with Crippen LogP contribution in [0.5, 0.6) is 0 Å². The van der Waals surface area contributed by atoms with Gasteiger partial charge in [-0.25, -0.2) is 4.79 Å². The zero-order chi connectivity index (χ0) is 12.6. The molecule has 0 aromatic heterocycles. The second kappa shape index (κ2) is 8.14. The molecule has 0 spiro atoms. The minimum Gasteiger partial charge on any atom is -0.478 e. The summed E-state index contributed by atoms with van der Waals surface area (Å²) in [5.74, 6) is -0.186. The number of aliphatic carboxylic acids is 1. The molecule has 0 unspecified atom stereocenters.